The SMILES string of the molecule is OCCOc1ccc(NCC2CCOCC2)cn1. The zero-order valence-electron chi connectivity index (χ0n) is 10.5. The van der Waals surface area contributed by atoms with Gasteiger partial charge in [-0.3, -0.25) is 0 Å². The number of nitrogens with zero attached hydrogens (tertiary/aromatic N) is 1. The maximum absolute atomic E-state index is 8.64. The molecule has 5 heteroatoms. The minimum Gasteiger partial charge on any atom is -0.475 e. The first-order valence-corrected chi connectivity index (χ1v) is 6.40. The molecule has 2 rings (SSSR count). The van der Waals surface area contributed by atoms with Crippen LogP contribution in [-0.4, -0.2) is 43.1 Å². The van der Waals surface area contributed by atoms with Crippen molar-refractivity contribution < 1.29 is 14.6 Å². The zero-order chi connectivity index (χ0) is 12.6. The Bertz CT molecular complexity index is 337. The van der Waals surface area contributed by atoms with Gasteiger partial charge in [0, 0.05) is 25.8 Å². The number of rotatable bonds is 6. The molecule has 2 N–H and O–H groups in total. The molecule has 2 heterocycles. The van der Waals surface area contributed by atoms with Gasteiger partial charge in [-0.25, -0.2) is 4.98 Å². The lowest BCUT2D eigenvalue weighted by Gasteiger charge is -2.22. The molecule has 1 fully saturated rings. The van der Waals surface area contributed by atoms with Crippen LogP contribution in [0.4, 0.5) is 5.69 Å². The van der Waals surface area contributed by atoms with Crippen LogP contribution in [0.25, 0.3) is 0 Å². The minimum atomic E-state index is 0.00539. The van der Waals surface area contributed by atoms with E-state index in [9.17, 15) is 0 Å². The molecule has 1 aromatic heterocycles. The number of hydrogen-bond donors (Lipinski definition) is 2. The summed E-state index contributed by atoms with van der Waals surface area (Å²) in [5.41, 5.74) is 0.998. The van der Waals surface area contributed by atoms with E-state index in [0.29, 0.717) is 11.8 Å². The molecule has 0 spiro atoms. The maximum Gasteiger partial charge on any atom is 0.213 e. The summed E-state index contributed by atoms with van der Waals surface area (Å²) in [7, 11) is 0. The Morgan fingerprint density at radius 1 is 1.39 bits per heavy atom. The summed E-state index contributed by atoms with van der Waals surface area (Å²) in [5.74, 6) is 1.23. The highest BCUT2D eigenvalue weighted by Crippen LogP contribution is 2.17. The van der Waals surface area contributed by atoms with Gasteiger partial charge in [-0.15, -0.1) is 0 Å². The Morgan fingerprint density at radius 2 is 2.22 bits per heavy atom. The molecule has 0 saturated carbocycles. The number of hydrogen-bond acceptors (Lipinski definition) is 5. The summed E-state index contributed by atoms with van der Waals surface area (Å²) in [6.45, 7) is 2.99. The monoisotopic (exact) mass is 252 g/mol. The van der Waals surface area contributed by atoms with Crippen molar-refractivity contribution in [3.63, 3.8) is 0 Å². The Labute approximate surface area is 107 Å². The normalized spacial score (nSPS) is 16.5. The third kappa shape index (κ3) is 4.16. The quantitative estimate of drug-likeness (QED) is 0.798. The third-order valence-electron chi connectivity index (χ3n) is 3.01. The van der Waals surface area contributed by atoms with Crippen LogP contribution < -0.4 is 10.1 Å². The Hall–Kier alpha value is -1.33. The topological polar surface area (TPSA) is 63.6 Å². The first kappa shape index (κ1) is 13.1. The number of ether oxygens (including phenoxy) is 2. The van der Waals surface area contributed by atoms with Gasteiger partial charge in [-0.1, -0.05) is 0 Å². The highest BCUT2D eigenvalue weighted by molar-refractivity contribution is 5.41. The summed E-state index contributed by atoms with van der Waals surface area (Å²) < 4.78 is 10.5. The van der Waals surface area contributed by atoms with Crippen LogP contribution in [0.3, 0.4) is 0 Å². The van der Waals surface area contributed by atoms with Gasteiger partial charge >= 0.3 is 0 Å². The molecule has 0 bridgehead atoms. The Morgan fingerprint density at radius 3 is 2.89 bits per heavy atom. The van der Waals surface area contributed by atoms with Crippen molar-refractivity contribution in [2.45, 2.75) is 12.8 Å². The largest absolute Gasteiger partial charge is 0.475 e. The van der Waals surface area contributed by atoms with Gasteiger partial charge in [-0.2, -0.15) is 0 Å². The van der Waals surface area contributed by atoms with E-state index in [2.05, 4.69) is 10.3 Å². The molecule has 0 aromatic carbocycles. The predicted molar refractivity (Wildman–Crippen MR) is 68.9 cm³/mol. The highest BCUT2D eigenvalue weighted by Gasteiger charge is 2.13. The lowest BCUT2D eigenvalue weighted by atomic mass is 10.0. The smallest absolute Gasteiger partial charge is 0.213 e. The van der Waals surface area contributed by atoms with E-state index in [1.165, 1.54) is 0 Å². The average molecular weight is 252 g/mol. The first-order chi connectivity index (χ1) is 8.88. The Kier molecular flexibility index (Phi) is 5.23. The lowest BCUT2D eigenvalue weighted by Crippen LogP contribution is -2.22. The van der Waals surface area contributed by atoms with Crippen molar-refractivity contribution in [3.05, 3.63) is 18.3 Å². The number of anilines is 1. The van der Waals surface area contributed by atoms with E-state index >= 15 is 0 Å². The number of aromatic nitrogens is 1. The molecule has 18 heavy (non-hydrogen) atoms. The molecule has 1 aliphatic rings. The van der Waals surface area contributed by atoms with E-state index in [1.807, 2.05) is 12.1 Å². The van der Waals surface area contributed by atoms with Gasteiger partial charge in [0.25, 0.3) is 0 Å². The number of aliphatic hydroxyl groups excluding tert-OH is 1. The average Bonchev–Trinajstić information content (AvgIpc) is 2.45. The molecule has 0 radical (unpaired) electrons. The van der Waals surface area contributed by atoms with Gasteiger partial charge in [0.1, 0.15) is 6.61 Å². The lowest BCUT2D eigenvalue weighted by molar-refractivity contribution is 0.0699. The molecule has 0 atom stereocenters. The molecular weight excluding hydrogens is 232 g/mol. The van der Waals surface area contributed by atoms with Crippen LogP contribution in [0.1, 0.15) is 12.8 Å². The molecule has 5 nitrogen and oxygen atoms in total. The third-order valence-corrected chi connectivity index (χ3v) is 3.01. The molecular formula is C13H20N2O3. The van der Waals surface area contributed by atoms with Crippen LogP contribution in [0.15, 0.2) is 18.3 Å². The fourth-order valence-corrected chi connectivity index (χ4v) is 1.93. The summed E-state index contributed by atoms with van der Waals surface area (Å²) in [6.07, 6.45) is 4.00. The second-order valence-electron chi connectivity index (χ2n) is 4.39. The van der Waals surface area contributed by atoms with Crippen LogP contribution in [0.2, 0.25) is 0 Å². The molecule has 1 aliphatic heterocycles. The molecule has 100 valence electrons. The van der Waals surface area contributed by atoms with Crippen LogP contribution in [-0.2, 0) is 4.74 Å². The van der Waals surface area contributed by atoms with Gasteiger partial charge in [0.2, 0.25) is 5.88 Å². The summed E-state index contributed by atoms with van der Waals surface area (Å²) in [5, 5.41) is 12.0. The van der Waals surface area contributed by atoms with Crippen molar-refractivity contribution in [2.24, 2.45) is 5.92 Å². The second kappa shape index (κ2) is 7.18. The molecule has 0 aliphatic carbocycles. The van der Waals surface area contributed by atoms with E-state index < -0.39 is 0 Å². The molecule has 1 aromatic rings. The predicted octanol–water partition coefficient (Wildman–Crippen LogP) is 1.29. The van der Waals surface area contributed by atoms with E-state index in [1.54, 1.807) is 6.20 Å². The molecule has 1 saturated heterocycles. The van der Waals surface area contributed by atoms with Crippen LogP contribution in [0.5, 0.6) is 5.88 Å². The number of pyridine rings is 1. The van der Waals surface area contributed by atoms with E-state index in [4.69, 9.17) is 14.6 Å². The fraction of sp³-hybridized carbons (Fsp3) is 0.615. The summed E-state index contributed by atoms with van der Waals surface area (Å²) in [4.78, 5) is 4.16. The van der Waals surface area contributed by atoms with Gasteiger partial charge in [0.05, 0.1) is 18.5 Å². The number of nitrogens with one attached hydrogen (secondary N) is 1. The van der Waals surface area contributed by atoms with Gasteiger partial charge in [0.15, 0.2) is 0 Å². The van der Waals surface area contributed by atoms with Crippen LogP contribution in [0, 0.1) is 5.92 Å². The fourth-order valence-electron chi connectivity index (χ4n) is 1.93. The zero-order valence-corrected chi connectivity index (χ0v) is 10.5. The summed E-state index contributed by atoms with van der Waals surface area (Å²) in [6, 6.07) is 3.75. The first-order valence-electron chi connectivity index (χ1n) is 6.40. The minimum absolute atomic E-state index is 0.00539. The maximum atomic E-state index is 8.64. The van der Waals surface area contributed by atoms with E-state index in [0.717, 1.165) is 38.3 Å². The standard InChI is InChI=1S/C13H20N2O3/c16-5-8-18-13-2-1-12(10-15-13)14-9-11-3-6-17-7-4-11/h1-2,10-11,14,16H,3-9H2. The van der Waals surface area contributed by atoms with Gasteiger partial charge in [-0.05, 0) is 24.8 Å². The van der Waals surface area contributed by atoms with Crippen molar-refractivity contribution in [1.82, 2.24) is 4.98 Å². The summed E-state index contributed by atoms with van der Waals surface area (Å²) >= 11 is 0. The van der Waals surface area contributed by atoms with E-state index in [-0.39, 0.29) is 13.2 Å². The molecule has 0 unspecified atom stereocenters. The highest BCUT2D eigenvalue weighted by atomic mass is 16.5. The van der Waals surface area contributed by atoms with Crippen molar-refractivity contribution in [2.75, 3.05) is 38.3 Å². The van der Waals surface area contributed by atoms with Crippen molar-refractivity contribution in [3.8, 4) is 5.88 Å². The van der Waals surface area contributed by atoms with Gasteiger partial charge < -0.3 is 19.9 Å². The van der Waals surface area contributed by atoms with Crippen molar-refractivity contribution >= 4 is 5.69 Å². The Balaban J connectivity index is 1.75. The molecule has 0 amide bonds. The van der Waals surface area contributed by atoms with Crippen molar-refractivity contribution in [1.29, 1.82) is 0 Å². The number of aliphatic hydroxyl groups is 1. The van der Waals surface area contributed by atoms with Crippen LogP contribution >= 0.6 is 0 Å². The second-order valence-corrected chi connectivity index (χ2v) is 4.39.